The molecule has 12 heteroatoms. The molecule has 0 heterocycles. The number of sulfonamides is 1. The monoisotopic (exact) mass is 617 g/mol. The highest BCUT2D eigenvalue weighted by Crippen LogP contribution is 2.37. The zero-order valence-electron chi connectivity index (χ0n) is 24.3. The summed E-state index contributed by atoms with van der Waals surface area (Å²) in [5.74, 6) is -0.222. The number of anilines is 1. The van der Waals surface area contributed by atoms with Crippen LogP contribution in [0.4, 0.5) is 5.69 Å². The minimum absolute atomic E-state index is 0.0545. The Labute approximate surface area is 252 Å². The number of carbonyl (C=O) groups excluding carboxylic acids is 2. The van der Waals surface area contributed by atoms with Gasteiger partial charge in [0.1, 0.15) is 18.3 Å². The fourth-order valence-electron chi connectivity index (χ4n) is 4.47. The van der Waals surface area contributed by atoms with Crippen LogP contribution in [0, 0.1) is 0 Å². The quantitative estimate of drug-likeness (QED) is 0.283. The fraction of sp³-hybridized carbons (Fsp3) is 0.333. The molecule has 0 saturated heterocycles. The molecule has 0 fully saturated rings. The fourth-order valence-corrected chi connectivity index (χ4v) is 6.07. The van der Waals surface area contributed by atoms with E-state index in [1.54, 1.807) is 19.9 Å². The molecular weight excluding hydrogens is 582 g/mol. The molecule has 1 N–H and O–H groups in total. The molecule has 0 aliphatic rings. The number of amides is 2. The average Bonchev–Trinajstić information content (AvgIpc) is 2.99. The Bertz CT molecular complexity index is 1490. The molecule has 0 saturated carbocycles. The summed E-state index contributed by atoms with van der Waals surface area (Å²) in [5.41, 5.74) is 0.835. The van der Waals surface area contributed by atoms with Crippen LogP contribution < -0.4 is 23.8 Å². The first-order valence-corrected chi connectivity index (χ1v) is 15.1. The van der Waals surface area contributed by atoms with Crippen LogP contribution >= 0.6 is 11.6 Å². The minimum atomic E-state index is -4.41. The van der Waals surface area contributed by atoms with E-state index in [9.17, 15) is 18.0 Å². The van der Waals surface area contributed by atoms with Crippen LogP contribution in [0.25, 0.3) is 0 Å². The zero-order chi connectivity index (χ0) is 30.9. The molecule has 0 aliphatic carbocycles. The Morgan fingerprint density at radius 2 is 1.52 bits per heavy atom. The van der Waals surface area contributed by atoms with E-state index >= 15 is 0 Å². The maximum absolute atomic E-state index is 14.3. The molecule has 42 heavy (non-hydrogen) atoms. The van der Waals surface area contributed by atoms with E-state index in [0.29, 0.717) is 18.7 Å². The van der Waals surface area contributed by atoms with E-state index in [1.807, 2.05) is 30.3 Å². The third-order valence-electron chi connectivity index (χ3n) is 6.56. The average molecular weight is 618 g/mol. The normalized spacial score (nSPS) is 11.8. The van der Waals surface area contributed by atoms with E-state index in [4.69, 9.17) is 25.8 Å². The number of ether oxygens (including phenoxy) is 3. The van der Waals surface area contributed by atoms with Crippen LogP contribution in [0.5, 0.6) is 17.2 Å². The summed E-state index contributed by atoms with van der Waals surface area (Å²) < 4.78 is 45.5. The maximum Gasteiger partial charge on any atom is 0.265 e. The van der Waals surface area contributed by atoms with Crippen molar-refractivity contribution in [2.24, 2.45) is 0 Å². The Hall–Kier alpha value is -3.96. The van der Waals surface area contributed by atoms with Crippen molar-refractivity contribution in [2.75, 3.05) is 38.7 Å². The minimum Gasteiger partial charge on any atom is -0.495 e. The second-order valence-electron chi connectivity index (χ2n) is 9.17. The zero-order valence-corrected chi connectivity index (χ0v) is 25.9. The molecule has 10 nitrogen and oxygen atoms in total. The van der Waals surface area contributed by atoms with E-state index in [-0.39, 0.29) is 39.6 Å². The van der Waals surface area contributed by atoms with Crippen molar-refractivity contribution >= 4 is 39.1 Å². The topological polar surface area (TPSA) is 114 Å². The highest BCUT2D eigenvalue weighted by Gasteiger charge is 2.35. The van der Waals surface area contributed by atoms with Crippen LogP contribution in [0.15, 0.2) is 71.6 Å². The molecule has 0 aliphatic heterocycles. The third-order valence-corrected chi connectivity index (χ3v) is 8.55. The van der Waals surface area contributed by atoms with Gasteiger partial charge in [0.2, 0.25) is 11.8 Å². The number of carbonyl (C=O) groups is 2. The number of rotatable bonds is 14. The summed E-state index contributed by atoms with van der Waals surface area (Å²) in [6, 6.07) is 17.0. The van der Waals surface area contributed by atoms with Crippen LogP contribution in [0.1, 0.15) is 25.8 Å². The smallest absolute Gasteiger partial charge is 0.265 e. The highest BCUT2D eigenvalue weighted by atomic mass is 35.5. The molecule has 3 aromatic carbocycles. The van der Waals surface area contributed by atoms with Crippen molar-refractivity contribution in [1.29, 1.82) is 0 Å². The molecule has 3 aromatic rings. The van der Waals surface area contributed by atoms with Gasteiger partial charge in [0.05, 0.1) is 31.9 Å². The number of halogens is 1. The summed E-state index contributed by atoms with van der Waals surface area (Å²) in [7, 11) is -0.195. The summed E-state index contributed by atoms with van der Waals surface area (Å²) in [5, 5.41) is 3.02. The van der Waals surface area contributed by atoms with Gasteiger partial charge >= 0.3 is 0 Å². The lowest BCUT2D eigenvalue weighted by Crippen LogP contribution is -2.52. The van der Waals surface area contributed by atoms with Gasteiger partial charge in [0.25, 0.3) is 10.0 Å². The SMILES string of the molecule is CCNC(=O)[C@@H](CC)N(Cc1ccccc1)C(=O)CN(c1cc(Cl)ccc1OC)S(=O)(=O)c1ccc(OC)c(OC)c1. The lowest BCUT2D eigenvalue weighted by molar-refractivity contribution is -0.140. The Morgan fingerprint density at radius 1 is 0.881 bits per heavy atom. The van der Waals surface area contributed by atoms with Crippen LogP contribution in [-0.2, 0) is 26.2 Å². The number of benzene rings is 3. The number of methoxy groups -OCH3 is 3. The molecule has 0 unspecified atom stereocenters. The molecule has 0 aromatic heterocycles. The molecule has 0 bridgehead atoms. The van der Waals surface area contributed by atoms with Crippen molar-refractivity contribution in [2.45, 2.75) is 37.8 Å². The van der Waals surface area contributed by atoms with Gasteiger partial charge in [-0.2, -0.15) is 0 Å². The molecule has 1 atom stereocenters. The lowest BCUT2D eigenvalue weighted by atomic mass is 10.1. The standard InChI is InChI=1S/C30H36ClN3O7S/c1-6-24(30(36)32-7-2)33(19-21-11-9-8-10-12-21)29(35)20-34(25-17-22(31)13-15-26(25)39-3)42(37,38)23-14-16-27(40-4)28(18-23)41-5/h8-18,24H,6-7,19-20H2,1-5H3,(H,32,36)/t24-/m1/s1. The van der Waals surface area contributed by atoms with Crippen LogP contribution in [-0.4, -0.2) is 65.6 Å². The van der Waals surface area contributed by atoms with Gasteiger partial charge in [-0.25, -0.2) is 8.42 Å². The Morgan fingerprint density at radius 3 is 2.12 bits per heavy atom. The van der Waals surface area contributed by atoms with Gasteiger partial charge in [-0.1, -0.05) is 48.9 Å². The van der Waals surface area contributed by atoms with Crippen LogP contribution in [0.2, 0.25) is 5.02 Å². The largest absolute Gasteiger partial charge is 0.495 e. The lowest BCUT2D eigenvalue weighted by Gasteiger charge is -2.33. The van der Waals surface area contributed by atoms with E-state index in [1.165, 1.54) is 56.6 Å². The first kappa shape index (κ1) is 32.6. The van der Waals surface area contributed by atoms with Crippen LogP contribution in [0.3, 0.4) is 0 Å². The van der Waals surface area contributed by atoms with Gasteiger partial charge < -0.3 is 24.4 Å². The van der Waals surface area contributed by atoms with Crippen molar-refractivity contribution in [1.82, 2.24) is 10.2 Å². The van der Waals surface area contributed by atoms with Gasteiger partial charge in [-0.05, 0) is 49.2 Å². The number of hydrogen-bond donors (Lipinski definition) is 1. The molecule has 2 amide bonds. The number of nitrogens with zero attached hydrogens (tertiary/aromatic N) is 2. The molecule has 3 rings (SSSR count). The summed E-state index contributed by atoms with van der Waals surface area (Å²) in [6.45, 7) is 3.41. The first-order valence-electron chi connectivity index (χ1n) is 13.3. The molecule has 0 spiro atoms. The molecular formula is C30H36ClN3O7S. The van der Waals surface area contributed by atoms with Crippen molar-refractivity contribution < 1.29 is 32.2 Å². The van der Waals surface area contributed by atoms with Crippen molar-refractivity contribution in [3.63, 3.8) is 0 Å². The summed E-state index contributed by atoms with van der Waals surface area (Å²) in [6.07, 6.45) is 0.313. The van der Waals surface area contributed by atoms with Gasteiger partial charge in [0.15, 0.2) is 11.5 Å². The Kier molecular flexibility index (Phi) is 11.5. The predicted octanol–water partition coefficient (Wildman–Crippen LogP) is 4.50. The van der Waals surface area contributed by atoms with Gasteiger partial charge in [-0.3, -0.25) is 13.9 Å². The molecule has 226 valence electrons. The highest BCUT2D eigenvalue weighted by molar-refractivity contribution is 7.92. The van der Waals surface area contributed by atoms with E-state index < -0.39 is 28.5 Å². The van der Waals surface area contributed by atoms with E-state index in [0.717, 1.165) is 9.87 Å². The summed E-state index contributed by atoms with van der Waals surface area (Å²) in [4.78, 5) is 28.5. The third kappa shape index (κ3) is 7.46. The Balaban J connectivity index is 2.17. The molecule has 0 radical (unpaired) electrons. The second-order valence-corrected chi connectivity index (χ2v) is 11.5. The number of nitrogens with one attached hydrogen (secondary N) is 1. The van der Waals surface area contributed by atoms with Gasteiger partial charge in [0, 0.05) is 24.2 Å². The summed E-state index contributed by atoms with van der Waals surface area (Å²) >= 11 is 6.30. The van der Waals surface area contributed by atoms with E-state index in [2.05, 4.69) is 5.32 Å². The predicted molar refractivity (Wildman–Crippen MR) is 162 cm³/mol. The number of likely N-dealkylation sites (N-methyl/N-ethyl adjacent to an activating group) is 1. The maximum atomic E-state index is 14.3. The second kappa shape index (κ2) is 14.8. The van der Waals surface area contributed by atoms with Gasteiger partial charge in [-0.15, -0.1) is 0 Å². The first-order chi connectivity index (χ1) is 20.1. The number of hydrogen-bond acceptors (Lipinski definition) is 7. The van der Waals surface area contributed by atoms with Crippen molar-refractivity contribution in [3.05, 3.63) is 77.3 Å². The van der Waals surface area contributed by atoms with Crippen molar-refractivity contribution in [3.8, 4) is 17.2 Å².